The normalized spacial score (nSPS) is 12.2. The summed E-state index contributed by atoms with van der Waals surface area (Å²) in [5, 5.41) is 3.46. The highest BCUT2D eigenvalue weighted by atomic mass is 35.5. The molecule has 0 aliphatic rings. The van der Waals surface area contributed by atoms with E-state index in [1.165, 1.54) is 24.4 Å². The molecule has 0 aliphatic carbocycles. The lowest BCUT2D eigenvalue weighted by atomic mass is 10.1. The minimum atomic E-state index is -0.534. The summed E-state index contributed by atoms with van der Waals surface area (Å²) in [6.45, 7) is 1.88. The standard InChI is InChI=1S/C13H11ClF2N2/c1-8(11-4-2-9(15)6-12(11)14)18-10-3-5-13(16)17-7-10/h2-8,18H,1H3. The lowest BCUT2D eigenvalue weighted by molar-refractivity contribution is 0.584. The zero-order valence-electron chi connectivity index (χ0n) is 9.62. The van der Waals surface area contributed by atoms with Gasteiger partial charge in [0, 0.05) is 5.02 Å². The van der Waals surface area contributed by atoms with E-state index in [2.05, 4.69) is 10.3 Å². The summed E-state index contributed by atoms with van der Waals surface area (Å²) in [5.41, 5.74) is 1.44. The van der Waals surface area contributed by atoms with E-state index >= 15 is 0 Å². The highest BCUT2D eigenvalue weighted by molar-refractivity contribution is 6.31. The predicted octanol–water partition coefficient (Wildman–Crippen LogP) is 4.19. The molecule has 1 unspecified atom stereocenters. The fourth-order valence-corrected chi connectivity index (χ4v) is 1.97. The Hall–Kier alpha value is -1.68. The van der Waals surface area contributed by atoms with Crippen molar-refractivity contribution in [2.24, 2.45) is 0 Å². The van der Waals surface area contributed by atoms with E-state index in [1.807, 2.05) is 6.92 Å². The highest BCUT2D eigenvalue weighted by Crippen LogP contribution is 2.26. The van der Waals surface area contributed by atoms with E-state index in [9.17, 15) is 8.78 Å². The van der Waals surface area contributed by atoms with Gasteiger partial charge in [0.15, 0.2) is 0 Å². The van der Waals surface area contributed by atoms with Crippen LogP contribution in [0.15, 0.2) is 36.5 Å². The second kappa shape index (κ2) is 5.31. The van der Waals surface area contributed by atoms with Crippen molar-refractivity contribution in [1.29, 1.82) is 0 Å². The summed E-state index contributed by atoms with van der Waals surface area (Å²) in [4.78, 5) is 3.54. The molecular formula is C13H11ClF2N2. The van der Waals surface area contributed by atoms with Crippen molar-refractivity contribution >= 4 is 17.3 Å². The van der Waals surface area contributed by atoms with Crippen LogP contribution in [0.3, 0.4) is 0 Å². The molecule has 5 heteroatoms. The van der Waals surface area contributed by atoms with Crippen molar-refractivity contribution in [3.05, 3.63) is 58.9 Å². The number of pyridine rings is 1. The number of rotatable bonds is 3. The number of anilines is 1. The van der Waals surface area contributed by atoms with Gasteiger partial charge in [-0.05, 0) is 36.8 Å². The summed E-state index contributed by atoms with van der Waals surface area (Å²) in [7, 11) is 0. The summed E-state index contributed by atoms with van der Waals surface area (Å²) in [5.74, 6) is -0.910. The molecular weight excluding hydrogens is 258 g/mol. The van der Waals surface area contributed by atoms with Crippen LogP contribution >= 0.6 is 11.6 Å². The van der Waals surface area contributed by atoms with Gasteiger partial charge in [0.1, 0.15) is 5.82 Å². The fraction of sp³-hybridized carbons (Fsp3) is 0.154. The van der Waals surface area contributed by atoms with Gasteiger partial charge in [-0.15, -0.1) is 0 Å². The van der Waals surface area contributed by atoms with Crippen molar-refractivity contribution in [2.45, 2.75) is 13.0 Å². The Morgan fingerprint density at radius 1 is 1.22 bits per heavy atom. The van der Waals surface area contributed by atoms with E-state index in [0.29, 0.717) is 10.7 Å². The molecule has 0 saturated carbocycles. The maximum atomic E-state index is 12.9. The number of aromatic nitrogens is 1. The van der Waals surface area contributed by atoms with Crippen LogP contribution in [0.25, 0.3) is 0 Å². The van der Waals surface area contributed by atoms with E-state index in [4.69, 9.17) is 11.6 Å². The molecule has 2 rings (SSSR count). The lowest BCUT2D eigenvalue weighted by Crippen LogP contribution is -2.07. The fourth-order valence-electron chi connectivity index (χ4n) is 1.64. The summed E-state index contributed by atoms with van der Waals surface area (Å²) in [6, 6.07) is 6.94. The molecule has 0 amide bonds. The minimum Gasteiger partial charge on any atom is -0.377 e. The molecule has 0 radical (unpaired) electrons. The molecule has 1 aromatic carbocycles. The molecule has 1 atom stereocenters. The summed E-state index contributed by atoms with van der Waals surface area (Å²) >= 11 is 5.96. The maximum absolute atomic E-state index is 12.9. The zero-order chi connectivity index (χ0) is 13.1. The maximum Gasteiger partial charge on any atom is 0.212 e. The van der Waals surface area contributed by atoms with Gasteiger partial charge < -0.3 is 5.32 Å². The van der Waals surface area contributed by atoms with Crippen LogP contribution in [0.1, 0.15) is 18.5 Å². The molecule has 2 nitrogen and oxygen atoms in total. The quantitative estimate of drug-likeness (QED) is 0.845. The molecule has 2 aromatic rings. The Balaban J connectivity index is 2.16. The first-order chi connectivity index (χ1) is 8.56. The molecule has 94 valence electrons. The minimum absolute atomic E-state index is 0.134. The first-order valence-electron chi connectivity index (χ1n) is 5.39. The van der Waals surface area contributed by atoms with Crippen LogP contribution in [0, 0.1) is 11.8 Å². The van der Waals surface area contributed by atoms with Gasteiger partial charge >= 0.3 is 0 Å². The van der Waals surface area contributed by atoms with Gasteiger partial charge in [0.2, 0.25) is 5.95 Å². The molecule has 0 bridgehead atoms. The Labute approximate surface area is 109 Å². The third kappa shape index (κ3) is 2.96. The van der Waals surface area contributed by atoms with Gasteiger partial charge in [0.05, 0.1) is 17.9 Å². The second-order valence-corrected chi connectivity index (χ2v) is 4.31. The predicted molar refractivity (Wildman–Crippen MR) is 67.6 cm³/mol. The van der Waals surface area contributed by atoms with Gasteiger partial charge in [-0.2, -0.15) is 4.39 Å². The summed E-state index contributed by atoms with van der Waals surface area (Å²) < 4.78 is 25.6. The first-order valence-corrected chi connectivity index (χ1v) is 5.77. The van der Waals surface area contributed by atoms with E-state index < -0.39 is 5.95 Å². The van der Waals surface area contributed by atoms with Crippen molar-refractivity contribution in [2.75, 3.05) is 5.32 Å². The largest absolute Gasteiger partial charge is 0.377 e. The Kier molecular flexibility index (Phi) is 3.77. The molecule has 1 heterocycles. The number of halogens is 3. The van der Waals surface area contributed by atoms with Gasteiger partial charge in [-0.1, -0.05) is 17.7 Å². The number of nitrogens with zero attached hydrogens (tertiary/aromatic N) is 1. The number of benzene rings is 1. The third-order valence-corrected chi connectivity index (χ3v) is 2.87. The highest BCUT2D eigenvalue weighted by Gasteiger charge is 2.10. The Morgan fingerprint density at radius 3 is 2.61 bits per heavy atom. The van der Waals surface area contributed by atoms with Crippen molar-refractivity contribution in [1.82, 2.24) is 4.98 Å². The van der Waals surface area contributed by atoms with Crippen molar-refractivity contribution < 1.29 is 8.78 Å². The van der Waals surface area contributed by atoms with Gasteiger partial charge in [-0.25, -0.2) is 9.37 Å². The van der Waals surface area contributed by atoms with Crippen LogP contribution in [-0.2, 0) is 0 Å². The van der Waals surface area contributed by atoms with Crippen LogP contribution in [0.4, 0.5) is 14.5 Å². The molecule has 0 spiro atoms. The van der Waals surface area contributed by atoms with E-state index in [1.54, 1.807) is 12.1 Å². The first kappa shape index (κ1) is 12.8. The van der Waals surface area contributed by atoms with Gasteiger partial charge in [0.25, 0.3) is 0 Å². The smallest absolute Gasteiger partial charge is 0.212 e. The van der Waals surface area contributed by atoms with Crippen molar-refractivity contribution in [3.8, 4) is 0 Å². The lowest BCUT2D eigenvalue weighted by Gasteiger charge is -2.16. The molecule has 1 N–H and O–H groups in total. The van der Waals surface area contributed by atoms with Crippen molar-refractivity contribution in [3.63, 3.8) is 0 Å². The molecule has 0 aliphatic heterocycles. The third-order valence-electron chi connectivity index (χ3n) is 2.54. The Morgan fingerprint density at radius 2 is 2.00 bits per heavy atom. The van der Waals surface area contributed by atoms with Crippen LogP contribution < -0.4 is 5.32 Å². The molecule has 1 aromatic heterocycles. The second-order valence-electron chi connectivity index (χ2n) is 3.90. The summed E-state index contributed by atoms with van der Waals surface area (Å²) in [6.07, 6.45) is 1.39. The zero-order valence-corrected chi connectivity index (χ0v) is 10.4. The van der Waals surface area contributed by atoms with Crippen LogP contribution in [0.5, 0.6) is 0 Å². The van der Waals surface area contributed by atoms with Crippen LogP contribution in [0.2, 0.25) is 5.02 Å². The van der Waals surface area contributed by atoms with E-state index in [0.717, 1.165) is 5.56 Å². The monoisotopic (exact) mass is 268 g/mol. The average Bonchev–Trinajstić information content (AvgIpc) is 2.32. The molecule has 18 heavy (non-hydrogen) atoms. The molecule has 0 saturated heterocycles. The number of hydrogen-bond acceptors (Lipinski definition) is 2. The number of nitrogens with one attached hydrogen (secondary N) is 1. The van der Waals surface area contributed by atoms with E-state index in [-0.39, 0.29) is 11.9 Å². The molecule has 0 fully saturated rings. The SMILES string of the molecule is CC(Nc1ccc(F)nc1)c1ccc(F)cc1Cl. The van der Waals surface area contributed by atoms with Gasteiger partial charge in [-0.3, -0.25) is 0 Å². The van der Waals surface area contributed by atoms with Crippen LogP contribution in [-0.4, -0.2) is 4.98 Å². The topological polar surface area (TPSA) is 24.9 Å². The number of hydrogen-bond donors (Lipinski definition) is 1. The Bertz CT molecular complexity index is 543. The average molecular weight is 269 g/mol.